The van der Waals surface area contributed by atoms with Gasteiger partial charge < -0.3 is 43.0 Å². The van der Waals surface area contributed by atoms with E-state index in [4.69, 9.17) is 37.9 Å². The summed E-state index contributed by atoms with van der Waals surface area (Å²) in [6.07, 6.45) is 2.89. The van der Waals surface area contributed by atoms with E-state index in [9.17, 15) is 9.90 Å². The lowest BCUT2D eigenvalue weighted by Gasteiger charge is -2.12. The van der Waals surface area contributed by atoms with Crippen LogP contribution in [0.2, 0.25) is 0 Å². The van der Waals surface area contributed by atoms with E-state index in [-0.39, 0.29) is 31.5 Å². The summed E-state index contributed by atoms with van der Waals surface area (Å²) in [7, 11) is 6.32. The number of aliphatic hydroxyl groups excluding tert-OH is 1. The van der Waals surface area contributed by atoms with E-state index >= 15 is 0 Å². The van der Waals surface area contributed by atoms with Gasteiger partial charge >= 0.3 is 0 Å². The highest BCUT2D eigenvalue weighted by atomic mass is 16.7. The van der Waals surface area contributed by atoms with E-state index < -0.39 is 0 Å². The summed E-state index contributed by atoms with van der Waals surface area (Å²) in [6.45, 7) is 2.00. The molecular weight excluding hydrogens is 508 g/mol. The minimum Gasteiger partial charge on any atom is -0.512 e. The maximum atomic E-state index is 12.4. The Morgan fingerprint density at radius 2 is 1.18 bits per heavy atom. The molecule has 39 heavy (non-hydrogen) atoms. The van der Waals surface area contributed by atoms with Gasteiger partial charge in [0.25, 0.3) is 0 Å². The number of methoxy groups -OCH3 is 4. The van der Waals surface area contributed by atoms with E-state index in [0.717, 1.165) is 11.1 Å². The van der Waals surface area contributed by atoms with Crippen LogP contribution in [0.1, 0.15) is 24.0 Å². The monoisotopic (exact) mass is 548 g/mol. The number of benzene rings is 2. The fraction of sp³-hybridized carbons (Fsp3) is 0.483. The van der Waals surface area contributed by atoms with E-state index in [1.807, 2.05) is 24.3 Å². The standard InChI is InChI=1S/C29H40O10/c1-32-13-15-36-20-38-26-11-7-22(17-28(26)34-3)5-9-24(30)19-25(31)10-6-23-8-12-27(29(18-23)35-4)39-21-37-16-14-33-2/h7-8,11-12,17-19,30H,5-6,9-10,13-16,20-21H2,1-4H3/b24-19-. The van der Waals surface area contributed by atoms with E-state index in [1.165, 1.54) is 6.08 Å². The lowest BCUT2D eigenvalue weighted by molar-refractivity contribution is -0.114. The Morgan fingerprint density at radius 3 is 1.64 bits per heavy atom. The zero-order valence-corrected chi connectivity index (χ0v) is 23.2. The average molecular weight is 549 g/mol. The number of ketones is 1. The van der Waals surface area contributed by atoms with Crippen LogP contribution in [0.3, 0.4) is 0 Å². The van der Waals surface area contributed by atoms with Crippen molar-refractivity contribution in [2.24, 2.45) is 0 Å². The first kappa shape index (κ1) is 31.9. The molecule has 2 aromatic rings. The van der Waals surface area contributed by atoms with Crippen molar-refractivity contribution in [2.45, 2.75) is 25.7 Å². The van der Waals surface area contributed by atoms with Crippen LogP contribution in [0.15, 0.2) is 48.2 Å². The van der Waals surface area contributed by atoms with Gasteiger partial charge in [0.05, 0.1) is 46.4 Å². The largest absolute Gasteiger partial charge is 0.512 e. The minimum atomic E-state index is -0.159. The number of ether oxygens (including phenoxy) is 8. The summed E-state index contributed by atoms with van der Waals surface area (Å²) in [6, 6.07) is 11.0. The first-order valence-electron chi connectivity index (χ1n) is 12.7. The molecule has 1 N–H and O–H groups in total. The molecule has 0 saturated heterocycles. The number of carbonyl (C=O) groups is 1. The molecule has 0 spiro atoms. The van der Waals surface area contributed by atoms with Crippen LogP contribution in [0, 0.1) is 0 Å². The fourth-order valence-corrected chi connectivity index (χ4v) is 3.46. The molecule has 0 saturated carbocycles. The third-order valence-electron chi connectivity index (χ3n) is 5.57. The summed E-state index contributed by atoms with van der Waals surface area (Å²) in [5.41, 5.74) is 1.85. The molecule has 2 aromatic carbocycles. The molecule has 0 radical (unpaired) electrons. The van der Waals surface area contributed by atoms with Gasteiger partial charge in [-0.3, -0.25) is 4.79 Å². The molecule has 0 bridgehead atoms. The predicted molar refractivity (Wildman–Crippen MR) is 145 cm³/mol. The molecular formula is C29H40O10. The van der Waals surface area contributed by atoms with Crippen LogP contribution >= 0.6 is 0 Å². The highest BCUT2D eigenvalue weighted by molar-refractivity contribution is 5.90. The molecule has 2 rings (SSSR count). The predicted octanol–water partition coefficient (Wildman–Crippen LogP) is 4.28. The van der Waals surface area contributed by atoms with Crippen LogP contribution in [-0.4, -0.2) is 79.3 Å². The molecule has 10 nitrogen and oxygen atoms in total. The Labute approximate surface area is 230 Å². The normalized spacial score (nSPS) is 11.3. The lowest BCUT2D eigenvalue weighted by Crippen LogP contribution is -2.08. The van der Waals surface area contributed by atoms with Gasteiger partial charge in [-0.05, 0) is 48.2 Å². The van der Waals surface area contributed by atoms with Gasteiger partial charge in [-0.15, -0.1) is 0 Å². The second-order valence-corrected chi connectivity index (χ2v) is 8.40. The highest BCUT2D eigenvalue weighted by Crippen LogP contribution is 2.30. The first-order chi connectivity index (χ1) is 19.0. The average Bonchev–Trinajstić information content (AvgIpc) is 2.95. The summed E-state index contributed by atoms with van der Waals surface area (Å²) < 4.78 is 42.5. The van der Waals surface area contributed by atoms with Gasteiger partial charge in [-0.25, -0.2) is 0 Å². The molecule has 0 aliphatic heterocycles. The van der Waals surface area contributed by atoms with Gasteiger partial charge in [-0.2, -0.15) is 0 Å². The van der Waals surface area contributed by atoms with Crippen molar-refractivity contribution in [1.82, 2.24) is 0 Å². The van der Waals surface area contributed by atoms with Gasteiger partial charge in [0, 0.05) is 33.1 Å². The highest BCUT2D eigenvalue weighted by Gasteiger charge is 2.10. The Hall–Kier alpha value is -3.31. The fourth-order valence-electron chi connectivity index (χ4n) is 3.46. The van der Waals surface area contributed by atoms with Crippen molar-refractivity contribution >= 4 is 5.78 Å². The molecule has 0 aliphatic carbocycles. The molecule has 0 atom stereocenters. The van der Waals surface area contributed by atoms with Crippen molar-refractivity contribution < 1.29 is 47.8 Å². The van der Waals surface area contributed by atoms with Crippen LogP contribution in [0.25, 0.3) is 0 Å². The van der Waals surface area contributed by atoms with Crippen LogP contribution in [0.4, 0.5) is 0 Å². The third-order valence-corrected chi connectivity index (χ3v) is 5.57. The SMILES string of the molecule is COCCOCOc1ccc(CCC(=O)/C=C(\O)CCc2ccc(OCOCCOC)c(OC)c2)cc1OC. The van der Waals surface area contributed by atoms with Crippen LogP contribution < -0.4 is 18.9 Å². The number of hydrogen-bond acceptors (Lipinski definition) is 10. The zero-order valence-electron chi connectivity index (χ0n) is 23.2. The summed E-state index contributed by atoms with van der Waals surface area (Å²) in [4.78, 5) is 12.4. The van der Waals surface area contributed by atoms with Crippen molar-refractivity contribution in [3.8, 4) is 23.0 Å². The van der Waals surface area contributed by atoms with Crippen molar-refractivity contribution in [3.05, 3.63) is 59.4 Å². The van der Waals surface area contributed by atoms with Gasteiger partial charge in [-0.1, -0.05) is 12.1 Å². The number of hydrogen-bond donors (Lipinski definition) is 1. The van der Waals surface area contributed by atoms with Crippen LogP contribution in [0.5, 0.6) is 23.0 Å². The molecule has 0 aromatic heterocycles. The van der Waals surface area contributed by atoms with Gasteiger partial charge in [0.1, 0.15) is 0 Å². The maximum Gasteiger partial charge on any atom is 0.189 e. The molecule has 0 fully saturated rings. The molecule has 0 heterocycles. The summed E-state index contributed by atoms with van der Waals surface area (Å²) in [5, 5.41) is 10.3. The zero-order chi connectivity index (χ0) is 28.3. The quantitative estimate of drug-likeness (QED) is 0.105. The summed E-state index contributed by atoms with van der Waals surface area (Å²) >= 11 is 0. The maximum absolute atomic E-state index is 12.4. The van der Waals surface area contributed by atoms with Crippen molar-refractivity contribution in [2.75, 3.05) is 68.5 Å². The van der Waals surface area contributed by atoms with E-state index in [0.29, 0.717) is 68.7 Å². The Kier molecular flexibility index (Phi) is 15.4. The lowest BCUT2D eigenvalue weighted by atomic mass is 10.0. The number of allylic oxidation sites excluding steroid dienone is 2. The van der Waals surface area contributed by atoms with Crippen molar-refractivity contribution in [1.29, 1.82) is 0 Å². The molecule has 10 heteroatoms. The smallest absolute Gasteiger partial charge is 0.189 e. The number of aryl methyl sites for hydroxylation is 2. The van der Waals surface area contributed by atoms with E-state index in [1.54, 1.807) is 40.6 Å². The number of carbonyl (C=O) groups excluding carboxylic acids is 1. The third kappa shape index (κ3) is 12.4. The second-order valence-electron chi connectivity index (χ2n) is 8.40. The molecule has 0 amide bonds. The Bertz CT molecular complexity index is 1020. The molecule has 216 valence electrons. The Morgan fingerprint density at radius 1 is 0.692 bits per heavy atom. The number of aliphatic hydroxyl groups is 1. The van der Waals surface area contributed by atoms with Crippen molar-refractivity contribution in [3.63, 3.8) is 0 Å². The molecule has 0 unspecified atom stereocenters. The van der Waals surface area contributed by atoms with Crippen LogP contribution in [-0.2, 0) is 36.6 Å². The molecule has 0 aliphatic rings. The van der Waals surface area contributed by atoms with Gasteiger partial charge in [0.15, 0.2) is 42.4 Å². The Balaban J connectivity index is 1.81. The van der Waals surface area contributed by atoms with E-state index in [2.05, 4.69) is 0 Å². The van der Waals surface area contributed by atoms with Gasteiger partial charge in [0.2, 0.25) is 0 Å². The number of rotatable bonds is 21. The second kappa shape index (κ2) is 18.9. The topological polar surface area (TPSA) is 111 Å². The summed E-state index contributed by atoms with van der Waals surface area (Å²) in [5.74, 6) is 2.09. The first-order valence-corrected chi connectivity index (χ1v) is 12.7. The minimum absolute atomic E-state index is 0.0284.